The van der Waals surface area contributed by atoms with E-state index in [1.807, 2.05) is 6.07 Å². The van der Waals surface area contributed by atoms with Crippen molar-refractivity contribution in [2.45, 2.75) is 26.4 Å². The summed E-state index contributed by atoms with van der Waals surface area (Å²) in [4.78, 5) is 27.1. The molecular formula is C21H24BrClFN3O4S. The van der Waals surface area contributed by atoms with Gasteiger partial charge < -0.3 is 10.2 Å². The summed E-state index contributed by atoms with van der Waals surface area (Å²) in [5, 5.41) is 2.40. The Morgan fingerprint density at radius 1 is 1.22 bits per heavy atom. The Labute approximate surface area is 200 Å². The lowest BCUT2D eigenvalue weighted by Crippen LogP contribution is -2.51. The van der Waals surface area contributed by atoms with Crippen LogP contribution in [-0.4, -0.2) is 50.5 Å². The topological polar surface area (TPSA) is 86.8 Å². The monoisotopic (exact) mass is 547 g/mol. The fraction of sp³-hybridized carbons (Fsp3) is 0.333. The molecule has 174 valence electrons. The maximum Gasteiger partial charge on any atom is 0.244 e. The van der Waals surface area contributed by atoms with Gasteiger partial charge in [0.15, 0.2) is 0 Å². The number of nitrogens with one attached hydrogen (secondary N) is 1. The summed E-state index contributed by atoms with van der Waals surface area (Å²) in [6, 6.07) is 9.74. The quantitative estimate of drug-likeness (QED) is 0.519. The van der Waals surface area contributed by atoms with Gasteiger partial charge in [0.2, 0.25) is 21.8 Å². The van der Waals surface area contributed by atoms with Crippen LogP contribution in [-0.2, 0) is 26.2 Å². The van der Waals surface area contributed by atoms with Gasteiger partial charge in [0.1, 0.15) is 18.4 Å². The van der Waals surface area contributed by atoms with Gasteiger partial charge in [-0.1, -0.05) is 39.7 Å². The Hall–Kier alpha value is -2.17. The van der Waals surface area contributed by atoms with E-state index < -0.39 is 34.3 Å². The van der Waals surface area contributed by atoms with Gasteiger partial charge in [0, 0.05) is 17.6 Å². The van der Waals surface area contributed by atoms with Gasteiger partial charge in [-0.25, -0.2) is 12.8 Å². The van der Waals surface area contributed by atoms with Crippen LogP contribution in [0.4, 0.5) is 10.1 Å². The second-order valence-corrected chi connectivity index (χ2v) is 10.3. The minimum absolute atomic E-state index is 0.0420. The summed E-state index contributed by atoms with van der Waals surface area (Å²) >= 11 is 9.18. The molecule has 0 aromatic heterocycles. The van der Waals surface area contributed by atoms with Crippen LogP contribution in [0.25, 0.3) is 0 Å². The van der Waals surface area contributed by atoms with E-state index in [1.54, 1.807) is 32.0 Å². The van der Waals surface area contributed by atoms with Crippen molar-refractivity contribution in [2.24, 2.45) is 0 Å². The van der Waals surface area contributed by atoms with Gasteiger partial charge in [0.25, 0.3) is 0 Å². The molecule has 2 amide bonds. The number of hydrogen-bond donors (Lipinski definition) is 1. The number of carbonyl (C=O) groups is 2. The maximum atomic E-state index is 13.6. The van der Waals surface area contributed by atoms with Crippen molar-refractivity contribution in [3.05, 3.63) is 63.3 Å². The Morgan fingerprint density at radius 2 is 1.91 bits per heavy atom. The van der Waals surface area contributed by atoms with Crippen molar-refractivity contribution >= 4 is 55.1 Å². The lowest BCUT2D eigenvalue weighted by atomic mass is 10.1. The first-order chi connectivity index (χ1) is 14.9. The van der Waals surface area contributed by atoms with Crippen LogP contribution in [0.5, 0.6) is 0 Å². The van der Waals surface area contributed by atoms with Crippen LogP contribution in [0, 0.1) is 5.82 Å². The smallest absolute Gasteiger partial charge is 0.244 e. The SMILES string of the molecule is CCNC(=O)[C@H](C)N(Cc1cccc(Br)c1)C(=O)CN(c1ccc(F)c(Cl)c1)S(C)(=O)=O. The van der Waals surface area contributed by atoms with Crippen molar-refractivity contribution in [2.75, 3.05) is 23.7 Å². The van der Waals surface area contributed by atoms with E-state index in [4.69, 9.17) is 11.6 Å². The van der Waals surface area contributed by atoms with Crippen molar-refractivity contribution in [1.29, 1.82) is 0 Å². The molecule has 11 heteroatoms. The largest absolute Gasteiger partial charge is 0.355 e. The molecule has 0 spiro atoms. The van der Waals surface area contributed by atoms with Gasteiger partial charge in [0.05, 0.1) is 17.0 Å². The van der Waals surface area contributed by atoms with Crippen LogP contribution in [0.15, 0.2) is 46.9 Å². The normalized spacial score (nSPS) is 12.2. The molecule has 32 heavy (non-hydrogen) atoms. The number of benzene rings is 2. The first-order valence-electron chi connectivity index (χ1n) is 9.68. The van der Waals surface area contributed by atoms with Gasteiger partial charge in [-0.2, -0.15) is 0 Å². The Kier molecular flexibility index (Phi) is 9.06. The highest BCUT2D eigenvalue weighted by atomic mass is 79.9. The second-order valence-electron chi connectivity index (χ2n) is 7.09. The summed E-state index contributed by atoms with van der Waals surface area (Å²) in [6.07, 6.45) is 0.934. The van der Waals surface area contributed by atoms with E-state index in [0.717, 1.165) is 32.7 Å². The molecule has 2 rings (SSSR count). The number of likely N-dealkylation sites (N-methyl/N-ethyl adjacent to an activating group) is 1. The third-order valence-corrected chi connectivity index (χ3v) is 6.55. The summed E-state index contributed by atoms with van der Waals surface area (Å²) in [5.41, 5.74) is 0.792. The number of halogens is 3. The van der Waals surface area contributed by atoms with Crippen LogP contribution in [0.3, 0.4) is 0 Å². The van der Waals surface area contributed by atoms with Gasteiger partial charge >= 0.3 is 0 Å². The molecule has 0 aliphatic carbocycles. The van der Waals surface area contributed by atoms with E-state index in [0.29, 0.717) is 6.54 Å². The lowest BCUT2D eigenvalue weighted by molar-refractivity contribution is -0.139. The van der Waals surface area contributed by atoms with Crippen molar-refractivity contribution < 1.29 is 22.4 Å². The molecule has 0 heterocycles. The molecule has 1 N–H and O–H groups in total. The number of anilines is 1. The molecule has 2 aromatic carbocycles. The number of hydrogen-bond acceptors (Lipinski definition) is 4. The Morgan fingerprint density at radius 3 is 2.47 bits per heavy atom. The maximum absolute atomic E-state index is 13.6. The number of amides is 2. The van der Waals surface area contributed by atoms with E-state index in [9.17, 15) is 22.4 Å². The van der Waals surface area contributed by atoms with Crippen molar-refractivity contribution in [1.82, 2.24) is 10.2 Å². The standard InChI is InChI=1S/C21H24BrClFN3O4S/c1-4-25-21(29)14(2)26(12-15-6-5-7-16(22)10-15)20(28)13-27(32(3,30)31)17-8-9-19(24)18(23)11-17/h5-11,14H,4,12-13H2,1-3H3,(H,25,29)/t14-/m0/s1. The molecule has 0 bridgehead atoms. The van der Waals surface area contributed by atoms with Crippen molar-refractivity contribution in [3.63, 3.8) is 0 Å². The summed E-state index contributed by atoms with van der Waals surface area (Å²) in [7, 11) is -3.92. The highest BCUT2D eigenvalue weighted by Gasteiger charge is 2.30. The lowest BCUT2D eigenvalue weighted by Gasteiger charge is -2.31. The van der Waals surface area contributed by atoms with Gasteiger partial charge in [-0.3, -0.25) is 13.9 Å². The summed E-state index contributed by atoms with van der Waals surface area (Å²) in [5.74, 6) is -1.68. The number of rotatable bonds is 9. The van der Waals surface area contributed by atoms with E-state index in [2.05, 4.69) is 21.2 Å². The number of carbonyl (C=O) groups excluding carboxylic acids is 2. The summed E-state index contributed by atoms with van der Waals surface area (Å²) in [6.45, 7) is 3.21. The minimum Gasteiger partial charge on any atom is -0.355 e. The molecule has 0 radical (unpaired) electrons. The predicted molar refractivity (Wildman–Crippen MR) is 126 cm³/mol. The molecule has 2 aromatic rings. The third-order valence-electron chi connectivity index (χ3n) is 4.63. The van der Waals surface area contributed by atoms with Gasteiger partial charge in [-0.05, 0) is 49.7 Å². The molecule has 1 atom stereocenters. The zero-order chi connectivity index (χ0) is 24.1. The molecule has 0 saturated heterocycles. The minimum atomic E-state index is -3.92. The van der Waals surface area contributed by atoms with Crippen molar-refractivity contribution in [3.8, 4) is 0 Å². The van der Waals surface area contributed by atoms with E-state index >= 15 is 0 Å². The highest BCUT2D eigenvalue weighted by molar-refractivity contribution is 9.10. The number of nitrogens with zero attached hydrogens (tertiary/aromatic N) is 2. The molecule has 0 fully saturated rings. The molecule has 0 aliphatic heterocycles. The fourth-order valence-electron chi connectivity index (χ4n) is 2.99. The average molecular weight is 549 g/mol. The Bertz CT molecular complexity index is 1100. The van der Waals surface area contributed by atoms with E-state index in [1.165, 1.54) is 11.0 Å². The van der Waals surface area contributed by atoms with Crippen LogP contribution < -0.4 is 9.62 Å². The van der Waals surface area contributed by atoms with Gasteiger partial charge in [-0.15, -0.1) is 0 Å². The fourth-order valence-corrected chi connectivity index (χ4v) is 4.45. The molecule has 0 aliphatic rings. The van der Waals surface area contributed by atoms with Crippen LogP contribution >= 0.6 is 27.5 Å². The van der Waals surface area contributed by atoms with Crippen LogP contribution in [0.1, 0.15) is 19.4 Å². The first-order valence-corrected chi connectivity index (χ1v) is 12.7. The summed E-state index contributed by atoms with van der Waals surface area (Å²) < 4.78 is 40.1. The third kappa shape index (κ3) is 6.91. The zero-order valence-corrected chi connectivity index (χ0v) is 21.0. The molecule has 0 saturated carbocycles. The highest BCUT2D eigenvalue weighted by Crippen LogP contribution is 2.25. The predicted octanol–water partition coefficient (Wildman–Crippen LogP) is 3.56. The van der Waals surface area contributed by atoms with E-state index in [-0.39, 0.29) is 23.2 Å². The number of sulfonamides is 1. The average Bonchev–Trinajstić information content (AvgIpc) is 2.71. The molecule has 7 nitrogen and oxygen atoms in total. The second kappa shape index (κ2) is 11.1. The first kappa shape index (κ1) is 26.1. The Balaban J connectivity index is 2.40. The molecule has 0 unspecified atom stereocenters. The zero-order valence-electron chi connectivity index (χ0n) is 17.8. The van der Waals surface area contributed by atoms with Crippen LogP contribution in [0.2, 0.25) is 5.02 Å². The molecular weight excluding hydrogens is 525 g/mol.